The van der Waals surface area contributed by atoms with Crippen LogP contribution in [0.4, 0.5) is 13.2 Å². The first-order chi connectivity index (χ1) is 12.7. The Balaban J connectivity index is 0.00000729. The summed E-state index contributed by atoms with van der Waals surface area (Å²) in [5, 5.41) is 6.45. The zero-order valence-electron chi connectivity index (χ0n) is 17.0. The zero-order chi connectivity index (χ0) is 20.3. The third-order valence-corrected chi connectivity index (χ3v) is 4.12. The van der Waals surface area contributed by atoms with Crippen molar-refractivity contribution in [3.05, 3.63) is 29.8 Å². The lowest BCUT2D eigenvalue weighted by molar-refractivity contribution is -0.153. The van der Waals surface area contributed by atoms with E-state index in [1.807, 2.05) is 0 Å². The smallest absolute Gasteiger partial charge is 0.422 e. The predicted molar refractivity (Wildman–Crippen MR) is 119 cm³/mol. The average Bonchev–Trinajstić information content (AvgIpc) is 2.62. The fourth-order valence-corrected chi connectivity index (χ4v) is 2.23. The number of aliphatic imine (C=N–C) groups is 1. The van der Waals surface area contributed by atoms with Gasteiger partial charge in [-0.25, -0.2) is 0 Å². The highest BCUT2D eigenvalue weighted by Crippen LogP contribution is 2.18. The molecule has 0 unspecified atom stereocenters. The average molecular weight is 516 g/mol. The molecule has 0 aliphatic rings. The summed E-state index contributed by atoms with van der Waals surface area (Å²) in [6, 6.07) is 7.08. The van der Waals surface area contributed by atoms with Gasteiger partial charge in [-0.05, 0) is 58.0 Å². The molecule has 0 atom stereocenters. The van der Waals surface area contributed by atoms with Gasteiger partial charge in [0.15, 0.2) is 12.6 Å². The van der Waals surface area contributed by atoms with Gasteiger partial charge in [0, 0.05) is 26.2 Å². The molecule has 9 heteroatoms. The van der Waals surface area contributed by atoms with Gasteiger partial charge in [0.25, 0.3) is 0 Å². The maximum absolute atomic E-state index is 12.1. The van der Waals surface area contributed by atoms with Crippen molar-refractivity contribution in [1.29, 1.82) is 0 Å². The van der Waals surface area contributed by atoms with Gasteiger partial charge in [0.1, 0.15) is 5.75 Å². The molecule has 1 rings (SSSR count). The molecule has 28 heavy (non-hydrogen) atoms. The molecule has 0 bridgehead atoms. The first-order valence-corrected chi connectivity index (χ1v) is 9.14. The molecule has 0 aliphatic heterocycles. The van der Waals surface area contributed by atoms with Crippen LogP contribution in [-0.4, -0.2) is 56.9 Å². The molecule has 0 aliphatic carbocycles. The lowest BCUT2D eigenvalue weighted by Crippen LogP contribution is -2.37. The van der Waals surface area contributed by atoms with E-state index in [4.69, 9.17) is 4.74 Å². The summed E-state index contributed by atoms with van der Waals surface area (Å²) in [5.74, 6) is 0.898. The van der Waals surface area contributed by atoms with Gasteiger partial charge in [-0.15, -0.1) is 24.0 Å². The fraction of sp³-hybridized carbons (Fsp3) is 0.632. The molecule has 1 aromatic rings. The van der Waals surface area contributed by atoms with Crippen LogP contribution < -0.4 is 15.4 Å². The fourth-order valence-electron chi connectivity index (χ4n) is 2.23. The van der Waals surface area contributed by atoms with Crippen molar-refractivity contribution in [2.24, 2.45) is 4.99 Å². The lowest BCUT2D eigenvalue weighted by atomic mass is 10.2. The Bertz CT molecular complexity index is 565. The van der Waals surface area contributed by atoms with Crippen LogP contribution in [0.25, 0.3) is 0 Å². The van der Waals surface area contributed by atoms with Crippen molar-refractivity contribution in [2.75, 3.05) is 33.8 Å². The topological polar surface area (TPSA) is 48.9 Å². The monoisotopic (exact) mass is 516 g/mol. The van der Waals surface area contributed by atoms with Gasteiger partial charge in [-0.1, -0.05) is 12.1 Å². The van der Waals surface area contributed by atoms with Crippen molar-refractivity contribution < 1.29 is 17.9 Å². The summed E-state index contributed by atoms with van der Waals surface area (Å²) in [5.41, 5.74) is 0.927. The van der Waals surface area contributed by atoms with E-state index in [1.165, 1.54) is 12.1 Å². The molecule has 2 N–H and O–H groups in total. The number of hydrogen-bond donors (Lipinski definition) is 2. The molecule has 0 aromatic heterocycles. The van der Waals surface area contributed by atoms with Gasteiger partial charge >= 0.3 is 6.18 Å². The number of halogens is 4. The second-order valence-electron chi connectivity index (χ2n) is 6.68. The first-order valence-electron chi connectivity index (χ1n) is 9.14. The molecule has 0 amide bonds. The summed E-state index contributed by atoms with van der Waals surface area (Å²) < 4.78 is 41.1. The summed E-state index contributed by atoms with van der Waals surface area (Å²) in [6.45, 7) is 5.49. The minimum Gasteiger partial charge on any atom is -0.484 e. The van der Waals surface area contributed by atoms with Gasteiger partial charge in [-0.2, -0.15) is 13.2 Å². The largest absolute Gasteiger partial charge is 0.484 e. The van der Waals surface area contributed by atoms with Crippen molar-refractivity contribution in [3.63, 3.8) is 0 Å². The van der Waals surface area contributed by atoms with Crippen LogP contribution >= 0.6 is 24.0 Å². The number of guanidine groups is 1. The highest BCUT2D eigenvalue weighted by Gasteiger charge is 2.28. The maximum atomic E-state index is 12.1. The number of hydrogen-bond acceptors (Lipinski definition) is 3. The van der Waals surface area contributed by atoms with Crippen LogP contribution in [0.5, 0.6) is 5.75 Å². The minimum atomic E-state index is -4.33. The minimum absolute atomic E-state index is 0. The van der Waals surface area contributed by atoms with E-state index < -0.39 is 12.8 Å². The summed E-state index contributed by atoms with van der Waals surface area (Å²) in [7, 11) is 3.83. The van der Waals surface area contributed by atoms with Crippen LogP contribution in [0.1, 0.15) is 32.3 Å². The van der Waals surface area contributed by atoms with Crippen LogP contribution in [0.2, 0.25) is 0 Å². The number of benzene rings is 1. The Hall–Kier alpha value is -1.23. The highest BCUT2D eigenvalue weighted by atomic mass is 127. The van der Waals surface area contributed by atoms with E-state index in [9.17, 15) is 13.2 Å². The number of ether oxygens (including phenoxy) is 1. The first kappa shape index (κ1) is 26.8. The summed E-state index contributed by atoms with van der Waals surface area (Å²) in [6.07, 6.45) is -2.18. The number of alkyl halides is 3. The third-order valence-electron chi connectivity index (χ3n) is 4.12. The van der Waals surface area contributed by atoms with Crippen LogP contribution in [0, 0.1) is 0 Å². The van der Waals surface area contributed by atoms with Crippen molar-refractivity contribution in [1.82, 2.24) is 15.5 Å². The van der Waals surface area contributed by atoms with Crippen molar-refractivity contribution in [3.8, 4) is 5.75 Å². The van der Waals surface area contributed by atoms with E-state index in [2.05, 4.69) is 41.4 Å². The second-order valence-corrected chi connectivity index (χ2v) is 6.68. The molecule has 0 heterocycles. The molecule has 5 nitrogen and oxygen atoms in total. The number of unbranched alkanes of at least 4 members (excludes halogenated alkanes) is 1. The second kappa shape index (κ2) is 13.9. The van der Waals surface area contributed by atoms with Crippen LogP contribution in [-0.2, 0) is 6.54 Å². The SMILES string of the molecule is CN=C(NCCCCN(C)C(C)C)NCc1ccc(OCC(F)(F)F)cc1.I. The molecule has 1 aromatic carbocycles. The molecule has 0 radical (unpaired) electrons. The Morgan fingerprint density at radius 2 is 1.79 bits per heavy atom. The molecule has 0 saturated carbocycles. The van der Waals surface area contributed by atoms with Gasteiger partial charge in [0.05, 0.1) is 0 Å². The van der Waals surface area contributed by atoms with Crippen LogP contribution in [0.3, 0.4) is 0 Å². The molecular weight excluding hydrogens is 484 g/mol. The van der Waals surface area contributed by atoms with E-state index in [-0.39, 0.29) is 29.7 Å². The standard InChI is InChI=1S/C19H31F3N4O.HI/c1-15(2)26(4)12-6-5-11-24-18(23-3)25-13-16-7-9-17(10-8-16)27-14-19(20,21)22;/h7-10,15H,5-6,11-14H2,1-4H3,(H2,23,24,25);1H. The summed E-state index contributed by atoms with van der Waals surface area (Å²) >= 11 is 0. The Labute approximate surface area is 183 Å². The normalized spacial score (nSPS) is 12.1. The summed E-state index contributed by atoms with van der Waals surface area (Å²) in [4.78, 5) is 6.49. The predicted octanol–water partition coefficient (Wildman–Crippen LogP) is 4.03. The quantitative estimate of drug-likeness (QED) is 0.214. The van der Waals surface area contributed by atoms with Crippen molar-refractivity contribution in [2.45, 2.75) is 45.5 Å². The lowest BCUT2D eigenvalue weighted by Gasteiger charge is -2.20. The van der Waals surface area contributed by atoms with E-state index in [0.29, 0.717) is 18.5 Å². The Morgan fingerprint density at radius 1 is 1.14 bits per heavy atom. The Morgan fingerprint density at radius 3 is 2.32 bits per heavy atom. The molecule has 0 fully saturated rings. The van der Waals surface area contributed by atoms with E-state index >= 15 is 0 Å². The molecule has 0 saturated heterocycles. The van der Waals surface area contributed by atoms with Gasteiger partial charge in [-0.3, -0.25) is 4.99 Å². The van der Waals surface area contributed by atoms with Gasteiger partial charge in [0.2, 0.25) is 0 Å². The molecular formula is C19H32F3IN4O. The highest BCUT2D eigenvalue weighted by molar-refractivity contribution is 14.0. The molecule has 162 valence electrons. The third kappa shape index (κ3) is 12.3. The molecule has 0 spiro atoms. The number of rotatable bonds is 10. The number of nitrogens with zero attached hydrogens (tertiary/aromatic N) is 2. The van der Waals surface area contributed by atoms with Crippen molar-refractivity contribution >= 4 is 29.9 Å². The number of nitrogens with one attached hydrogen (secondary N) is 2. The maximum Gasteiger partial charge on any atom is 0.422 e. The van der Waals surface area contributed by atoms with Crippen LogP contribution in [0.15, 0.2) is 29.3 Å². The zero-order valence-corrected chi connectivity index (χ0v) is 19.3. The van der Waals surface area contributed by atoms with E-state index in [1.54, 1.807) is 19.2 Å². The van der Waals surface area contributed by atoms with Gasteiger partial charge < -0.3 is 20.3 Å². The van der Waals surface area contributed by atoms with E-state index in [0.717, 1.165) is 31.5 Å². The Kier molecular flexibility index (Phi) is 13.3.